The number of ether oxygens (including phenoxy) is 3. The highest BCUT2D eigenvalue weighted by Crippen LogP contribution is 2.33. The summed E-state index contributed by atoms with van der Waals surface area (Å²) < 4.78 is 16.5. The fraction of sp³-hybridized carbons (Fsp3) is 0.588. The van der Waals surface area contributed by atoms with E-state index in [0.29, 0.717) is 32.8 Å². The lowest BCUT2D eigenvalue weighted by Gasteiger charge is -2.25. The van der Waals surface area contributed by atoms with E-state index in [-0.39, 0.29) is 18.0 Å². The minimum atomic E-state index is -0.0252. The quantitative estimate of drug-likeness (QED) is 0.858. The summed E-state index contributed by atoms with van der Waals surface area (Å²) in [6.45, 7) is 5.31. The topological polar surface area (TPSA) is 68.8 Å². The number of rotatable bonds is 5. The van der Waals surface area contributed by atoms with Crippen LogP contribution in [0.15, 0.2) is 18.2 Å². The second kappa shape index (κ2) is 7.66. The zero-order valence-electron chi connectivity index (χ0n) is 13.5. The van der Waals surface area contributed by atoms with Crippen LogP contribution in [-0.2, 0) is 9.53 Å². The average molecular weight is 320 g/mol. The Bertz CT molecular complexity index is 543. The zero-order valence-corrected chi connectivity index (χ0v) is 13.5. The van der Waals surface area contributed by atoms with E-state index in [0.717, 1.165) is 30.0 Å². The molecule has 1 fully saturated rings. The van der Waals surface area contributed by atoms with Crippen molar-refractivity contribution >= 4 is 5.91 Å². The van der Waals surface area contributed by atoms with Gasteiger partial charge >= 0.3 is 0 Å². The number of benzene rings is 1. The van der Waals surface area contributed by atoms with Crippen LogP contribution in [0.3, 0.4) is 0 Å². The van der Waals surface area contributed by atoms with E-state index in [4.69, 9.17) is 14.2 Å². The second-order valence-corrected chi connectivity index (χ2v) is 5.86. The van der Waals surface area contributed by atoms with Gasteiger partial charge in [0.25, 0.3) is 0 Å². The molecule has 1 amide bonds. The number of hydrogen-bond donors (Lipinski definition) is 2. The molecule has 0 radical (unpaired) electrons. The van der Waals surface area contributed by atoms with E-state index in [9.17, 15) is 4.79 Å². The maximum Gasteiger partial charge on any atom is 0.222 e. The molecule has 3 rings (SSSR count). The van der Waals surface area contributed by atoms with Crippen LogP contribution < -0.4 is 20.1 Å². The summed E-state index contributed by atoms with van der Waals surface area (Å²) in [6, 6.07) is 5.94. The summed E-state index contributed by atoms with van der Waals surface area (Å²) in [4.78, 5) is 12.3. The lowest BCUT2D eigenvalue weighted by atomic mass is 10.0. The van der Waals surface area contributed by atoms with Gasteiger partial charge in [-0.05, 0) is 24.1 Å². The van der Waals surface area contributed by atoms with Crippen molar-refractivity contribution in [2.45, 2.75) is 31.8 Å². The maximum absolute atomic E-state index is 12.3. The third-order valence-electron chi connectivity index (χ3n) is 4.14. The lowest BCUT2D eigenvalue weighted by molar-refractivity contribution is -0.123. The van der Waals surface area contributed by atoms with Crippen molar-refractivity contribution in [3.8, 4) is 11.5 Å². The molecule has 0 aliphatic carbocycles. The molecule has 0 spiro atoms. The van der Waals surface area contributed by atoms with Gasteiger partial charge in [-0.3, -0.25) is 4.79 Å². The molecule has 2 atom stereocenters. The Labute approximate surface area is 136 Å². The summed E-state index contributed by atoms with van der Waals surface area (Å²) in [7, 11) is 0. The van der Waals surface area contributed by atoms with E-state index >= 15 is 0 Å². The summed E-state index contributed by atoms with van der Waals surface area (Å²) in [6.07, 6.45) is 1.25. The first-order valence-corrected chi connectivity index (χ1v) is 8.26. The first-order valence-electron chi connectivity index (χ1n) is 8.26. The van der Waals surface area contributed by atoms with Gasteiger partial charge in [0.1, 0.15) is 13.2 Å². The van der Waals surface area contributed by atoms with Gasteiger partial charge < -0.3 is 24.8 Å². The molecule has 2 unspecified atom stereocenters. The van der Waals surface area contributed by atoms with Crippen LogP contribution in [0.1, 0.15) is 31.4 Å². The molecule has 1 saturated heterocycles. The lowest BCUT2D eigenvalue weighted by Crippen LogP contribution is -2.44. The molecular weight excluding hydrogens is 296 g/mol. The number of carbonyl (C=O) groups is 1. The molecule has 1 aromatic rings. The molecule has 23 heavy (non-hydrogen) atoms. The van der Waals surface area contributed by atoms with Crippen LogP contribution in [0.5, 0.6) is 11.5 Å². The molecule has 2 aliphatic rings. The zero-order chi connectivity index (χ0) is 16.1. The number of morpholine rings is 1. The molecule has 0 bridgehead atoms. The summed E-state index contributed by atoms with van der Waals surface area (Å²) in [5, 5.41) is 6.41. The fourth-order valence-corrected chi connectivity index (χ4v) is 2.93. The third kappa shape index (κ3) is 4.14. The average Bonchev–Trinajstić information content (AvgIpc) is 2.60. The number of carbonyl (C=O) groups excluding carboxylic acids is 1. The van der Waals surface area contributed by atoms with Crippen molar-refractivity contribution in [2.75, 3.05) is 33.0 Å². The number of hydrogen-bond acceptors (Lipinski definition) is 5. The predicted molar refractivity (Wildman–Crippen MR) is 85.8 cm³/mol. The summed E-state index contributed by atoms with van der Waals surface area (Å²) >= 11 is 0. The van der Waals surface area contributed by atoms with E-state index in [1.165, 1.54) is 0 Å². The van der Waals surface area contributed by atoms with Crippen LogP contribution >= 0.6 is 0 Å². The molecule has 0 saturated carbocycles. The molecule has 2 heterocycles. The van der Waals surface area contributed by atoms with Crippen molar-refractivity contribution in [3.63, 3.8) is 0 Å². The van der Waals surface area contributed by atoms with Crippen molar-refractivity contribution in [3.05, 3.63) is 23.8 Å². The maximum atomic E-state index is 12.3. The minimum absolute atomic E-state index is 0.0252. The number of fused-ring (bicyclic) bond motifs is 1. The summed E-state index contributed by atoms with van der Waals surface area (Å²) in [5.74, 6) is 1.56. The van der Waals surface area contributed by atoms with Gasteiger partial charge in [0.05, 0.1) is 19.3 Å². The van der Waals surface area contributed by atoms with Gasteiger partial charge in [-0.15, -0.1) is 0 Å². The normalized spacial score (nSPS) is 21.5. The molecule has 6 heteroatoms. The Morgan fingerprint density at radius 3 is 2.87 bits per heavy atom. The van der Waals surface area contributed by atoms with Crippen LogP contribution in [0.4, 0.5) is 0 Å². The van der Waals surface area contributed by atoms with Gasteiger partial charge in [-0.25, -0.2) is 0 Å². The predicted octanol–water partition coefficient (Wildman–Crippen LogP) is 1.40. The highest BCUT2D eigenvalue weighted by atomic mass is 16.6. The number of nitrogens with one attached hydrogen (secondary N) is 2. The van der Waals surface area contributed by atoms with Crippen LogP contribution in [0.25, 0.3) is 0 Å². The van der Waals surface area contributed by atoms with Crippen molar-refractivity contribution < 1.29 is 19.0 Å². The molecule has 6 nitrogen and oxygen atoms in total. The SMILES string of the molecule is CCC(NC(=O)CC1COCCN1)c1ccc2c(c1)OCCO2. The smallest absolute Gasteiger partial charge is 0.222 e. The minimum Gasteiger partial charge on any atom is -0.486 e. The Balaban J connectivity index is 1.61. The van der Waals surface area contributed by atoms with E-state index < -0.39 is 0 Å². The van der Waals surface area contributed by atoms with Crippen molar-refractivity contribution in [1.82, 2.24) is 10.6 Å². The second-order valence-electron chi connectivity index (χ2n) is 5.86. The molecule has 2 aliphatic heterocycles. The summed E-state index contributed by atoms with van der Waals surface area (Å²) in [5.41, 5.74) is 1.04. The molecule has 2 N–H and O–H groups in total. The molecule has 126 valence electrons. The van der Waals surface area contributed by atoms with E-state index in [1.807, 2.05) is 18.2 Å². The van der Waals surface area contributed by atoms with Crippen LogP contribution in [-0.4, -0.2) is 44.9 Å². The van der Waals surface area contributed by atoms with Gasteiger partial charge in [0, 0.05) is 19.0 Å². The highest BCUT2D eigenvalue weighted by Gasteiger charge is 2.21. The Hall–Kier alpha value is -1.79. The fourth-order valence-electron chi connectivity index (χ4n) is 2.93. The third-order valence-corrected chi connectivity index (χ3v) is 4.14. The van der Waals surface area contributed by atoms with Gasteiger partial charge in [0.2, 0.25) is 5.91 Å². The standard InChI is InChI=1S/C17H24N2O4/c1-2-14(19-17(20)10-13-11-21-6-5-18-13)12-3-4-15-16(9-12)23-8-7-22-15/h3-4,9,13-14,18H,2,5-8,10-11H2,1H3,(H,19,20). The molecule has 0 aromatic heterocycles. The first-order chi connectivity index (χ1) is 11.3. The monoisotopic (exact) mass is 320 g/mol. The largest absolute Gasteiger partial charge is 0.486 e. The Morgan fingerprint density at radius 1 is 1.30 bits per heavy atom. The number of amides is 1. The van der Waals surface area contributed by atoms with Gasteiger partial charge in [0.15, 0.2) is 11.5 Å². The first kappa shape index (κ1) is 16.1. The van der Waals surface area contributed by atoms with Crippen molar-refractivity contribution in [2.24, 2.45) is 0 Å². The van der Waals surface area contributed by atoms with Crippen LogP contribution in [0.2, 0.25) is 0 Å². The van der Waals surface area contributed by atoms with E-state index in [1.54, 1.807) is 0 Å². The van der Waals surface area contributed by atoms with Gasteiger partial charge in [-0.2, -0.15) is 0 Å². The molecular formula is C17H24N2O4. The molecule has 1 aromatic carbocycles. The van der Waals surface area contributed by atoms with Crippen LogP contribution in [0, 0.1) is 0 Å². The van der Waals surface area contributed by atoms with Crippen molar-refractivity contribution in [1.29, 1.82) is 0 Å². The Kier molecular flexibility index (Phi) is 5.35. The van der Waals surface area contributed by atoms with Gasteiger partial charge in [-0.1, -0.05) is 13.0 Å². The van der Waals surface area contributed by atoms with E-state index in [2.05, 4.69) is 17.6 Å². The Morgan fingerprint density at radius 2 is 2.13 bits per heavy atom. The highest BCUT2D eigenvalue weighted by molar-refractivity contribution is 5.77.